The summed E-state index contributed by atoms with van der Waals surface area (Å²) < 4.78 is 21.8. The minimum atomic E-state index is -0.127. The number of methoxy groups -OCH3 is 2. The Bertz CT molecular complexity index is 1050. The lowest BCUT2D eigenvalue weighted by Crippen LogP contribution is -2.15. The second-order valence-corrected chi connectivity index (χ2v) is 8.15. The summed E-state index contributed by atoms with van der Waals surface area (Å²) in [6, 6.07) is 11.2. The number of nitrogens with one attached hydrogen (secondary N) is 1. The number of nitrogens with zero attached hydrogens (tertiary/aromatic N) is 1. The van der Waals surface area contributed by atoms with E-state index in [1.54, 1.807) is 20.3 Å². The van der Waals surface area contributed by atoms with Gasteiger partial charge in [-0.25, -0.2) is 4.98 Å². The van der Waals surface area contributed by atoms with Crippen LogP contribution in [0.25, 0.3) is 11.3 Å². The van der Waals surface area contributed by atoms with Gasteiger partial charge in [-0.1, -0.05) is 0 Å². The molecule has 0 atom stereocenters. The average Bonchev–Trinajstić information content (AvgIpc) is 3.25. The van der Waals surface area contributed by atoms with Gasteiger partial charge < -0.3 is 24.3 Å². The molecule has 156 valence electrons. The van der Waals surface area contributed by atoms with Crippen LogP contribution in [0.5, 0.6) is 23.0 Å². The summed E-state index contributed by atoms with van der Waals surface area (Å²) in [4.78, 5) is 17.8. The number of aromatic nitrogens is 1. The number of rotatable bonds is 7. The molecule has 0 aliphatic carbocycles. The van der Waals surface area contributed by atoms with Crippen molar-refractivity contribution in [2.45, 2.75) is 4.90 Å². The molecule has 0 spiro atoms. The predicted molar refractivity (Wildman–Crippen MR) is 117 cm³/mol. The molecule has 0 saturated heterocycles. The number of amides is 1. The first kappa shape index (κ1) is 20.4. The van der Waals surface area contributed by atoms with Crippen molar-refractivity contribution in [3.63, 3.8) is 0 Å². The van der Waals surface area contributed by atoms with E-state index >= 15 is 0 Å². The lowest BCUT2D eigenvalue weighted by Gasteiger charge is -2.18. The Morgan fingerprint density at radius 1 is 1.13 bits per heavy atom. The fraction of sp³-hybridized carbons (Fsp3) is 0.238. The van der Waals surface area contributed by atoms with Crippen LogP contribution in [0.1, 0.15) is 0 Å². The first-order chi connectivity index (χ1) is 14.7. The molecular formula is C21H20N2O5S2. The summed E-state index contributed by atoms with van der Waals surface area (Å²) in [7, 11) is 3.20. The zero-order valence-electron chi connectivity index (χ0n) is 16.5. The topological polar surface area (TPSA) is 78.9 Å². The fourth-order valence-electron chi connectivity index (χ4n) is 2.88. The van der Waals surface area contributed by atoms with E-state index in [1.165, 1.54) is 23.1 Å². The SMILES string of the molecule is COc1ccc(-c2csc(NC(=O)CSc3ccc4c(c3)OCCO4)n2)c(OC)c1. The number of ether oxygens (including phenoxy) is 4. The number of fused-ring (bicyclic) bond motifs is 1. The second-order valence-electron chi connectivity index (χ2n) is 6.25. The van der Waals surface area contributed by atoms with Gasteiger partial charge in [0.05, 0.1) is 25.7 Å². The second kappa shape index (κ2) is 9.27. The average molecular weight is 445 g/mol. The molecule has 2 aromatic carbocycles. The number of carbonyl (C=O) groups is 1. The van der Waals surface area contributed by atoms with Crippen LogP contribution in [0.15, 0.2) is 46.7 Å². The van der Waals surface area contributed by atoms with Crippen LogP contribution in [0, 0.1) is 0 Å². The molecular weight excluding hydrogens is 424 g/mol. The summed E-state index contributed by atoms with van der Waals surface area (Å²) >= 11 is 2.80. The molecule has 0 radical (unpaired) electrons. The van der Waals surface area contributed by atoms with Crippen molar-refractivity contribution in [3.05, 3.63) is 41.8 Å². The Hall–Kier alpha value is -2.91. The quantitative estimate of drug-likeness (QED) is 0.544. The highest BCUT2D eigenvalue weighted by Crippen LogP contribution is 2.36. The molecule has 4 rings (SSSR count). The fourth-order valence-corrected chi connectivity index (χ4v) is 4.33. The van der Waals surface area contributed by atoms with Crippen LogP contribution in [0.4, 0.5) is 5.13 Å². The monoisotopic (exact) mass is 444 g/mol. The summed E-state index contributed by atoms with van der Waals surface area (Å²) in [6.45, 7) is 1.09. The van der Waals surface area contributed by atoms with Gasteiger partial charge in [0.2, 0.25) is 5.91 Å². The van der Waals surface area contributed by atoms with E-state index < -0.39 is 0 Å². The molecule has 0 fully saturated rings. The Morgan fingerprint density at radius 2 is 1.97 bits per heavy atom. The van der Waals surface area contributed by atoms with Crippen molar-refractivity contribution < 1.29 is 23.7 Å². The Balaban J connectivity index is 1.37. The molecule has 1 N–H and O–H groups in total. The molecule has 1 amide bonds. The van der Waals surface area contributed by atoms with Gasteiger partial charge in [-0.15, -0.1) is 23.1 Å². The van der Waals surface area contributed by atoms with Gasteiger partial charge in [0, 0.05) is 21.9 Å². The van der Waals surface area contributed by atoms with Crippen molar-refractivity contribution in [1.82, 2.24) is 4.98 Å². The highest BCUT2D eigenvalue weighted by Gasteiger charge is 2.15. The lowest BCUT2D eigenvalue weighted by atomic mass is 10.1. The number of thioether (sulfide) groups is 1. The predicted octanol–water partition coefficient (Wildman–Crippen LogP) is 4.33. The van der Waals surface area contributed by atoms with Crippen LogP contribution in [-0.4, -0.2) is 44.1 Å². The first-order valence-corrected chi connectivity index (χ1v) is 11.0. The van der Waals surface area contributed by atoms with E-state index in [0.29, 0.717) is 35.6 Å². The van der Waals surface area contributed by atoms with Gasteiger partial charge in [0.15, 0.2) is 16.6 Å². The molecule has 1 aliphatic heterocycles. The third-order valence-electron chi connectivity index (χ3n) is 4.32. The third kappa shape index (κ3) is 4.63. The van der Waals surface area contributed by atoms with Crippen molar-refractivity contribution >= 4 is 34.1 Å². The normalized spacial score (nSPS) is 12.3. The van der Waals surface area contributed by atoms with Gasteiger partial charge >= 0.3 is 0 Å². The minimum Gasteiger partial charge on any atom is -0.497 e. The zero-order chi connectivity index (χ0) is 20.9. The van der Waals surface area contributed by atoms with E-state index in [2.05, 4.69) is 10.3 Å². The molecule has 1 aromatic heterocycles. The number of carbonyl (C=O) groups excluding carboxylic acids is 1. The summed E-state index contributed by atoms with van der Waals surface area (Å²) in [5.41, 5.74) is 1.56. The van der Waals surface area contributed by atoms with Crippen LogP contribution in [0.3, 0.4) is 0 Å². The highest BCUT2D eigenvalue weighted by atomic mass is 32.2. The Labute approximate surface area is 182 Å². The van der Waals surface area contributed by atoms with E-state index in [0.717, 1.165) is 21.9 Å². The Kier molecular flexibility index (Phi) is 6.29. The van der Waals surface area contributed by atoms with Crippen molar-refractivity contribution in [2.75, 3.05) is 38.5 Å². The number of thiazole rings is 1. The summed E-state index contributed by atoms with van der Waals surface area (Å²) in [6.07, 6.45) is 0. The maximum absolute atomic E-state index is 12.4. The molecule has 3 aromatic rings. The van der Waals surface area contributed by atoms with Crippen LogP contribution >= 0.6 is 23.1 Å². The molecule has 0 unspecified atom stereocenters. The highest BCUT2D eigenvalue weighted by molar-refractivity contribution is 8.00. The lowest BCUT2D eigenvalue weighted by molar-refractivity contribution is -0.113. The molecule has 1 aliphatic rings. The van der Waals surface area contributed by atoms with Crippen molar-refractivity contribution in [2.24, 2.45) is 0 Å². The van der Waals surface area contributed by atoms with E-state index in [-0.39, 0.29) is 11.7 Å². The molecule has 0 saturated carbocycles. The minimum absolute atomic E-state index is 0.127. The van der Waals surface area contributed by atoms with Crippen molar-refractivity contribution in [1.29, 1.82) is 0 Å². The smallest absolute Gasteiger partial charge is 0.236 e. The van der Waals surface area contributed by atoms with E-state index in [1.807, 2.05) is 35.7 Å². The van der Waals surface area contributed by atoms with Gasteiger partial charge in [0.25, 0.3) is 0 Å². The molecule has 9 heteroatoms. The number of hydrogen-bond donors (Lipinski definition) is 1. The van der Waals surface area contributed by atoms with Crippen LogP contribution in [-0.2, 0) is 4.79 Å². The van der Waals surface area contributed by atoms with Gasteiger partial charge in [-0.3, -0.25) is 4.79 Å². The number of benzene rings is 2. The first-order valence-electron chi connectivity index (χ1n) is 9.16. The van der Waals surface area contributed by atoms with E-state index in [4.69, 9.17) is 18.9 Å². The molecule has 0 bridgehead atoms. The van der Waals surface area contributed by atoms with E-state index in [9.17, 15) is 4.79 Å². The summed E-state index contributed by atoms with van der Waals surface area (Å²) in [5.74, 6) is 2.95. The maximum atomic E-state index is 12.4. The zero-order valence-corrected chi connectivity index (χ0v) is 18.1. The molecule has 7 nitrogen and oxygen atoms in total. The Morgan fingerprint density at radius 3 is 2.77 bits per heavy atom. The largest absolute Gasteiger partial charge is 0.497 e. The molecule has 2 heterocycles. The van der Waals surface area contributed by atoms with Gasteiger partial charge in [0.1, 0.15) is 24.7 Å². The third-order valence-corrected chi connectivity index (χ3v) is 6.07. The summed E-state index contributed by atoms with van der Waals surface area (Å²) in [5, 5.41) is 5.27. The van der Waals surface area contributed by atoms with Crippen LogP contribution in [0.2, 0.25) is 0 Å². The van der Waals surface area contributed by atoms with Gasteiger partial charge in [-0.2, -0.15) is 0 Å². The maximum Gasteiger partial charge on any atom is 0.236 e. The number of hydrogen-bond acceptors (Lipinski definition) is 8. The van der Waals surface area contributed by atoms with Crippen molar-refractivity contribution in [3.8, 4) is 34.3 Å². The number of anilines is 1. The standard InChI is InChI=1S/C21H20N2O5S2/c1-25-13-3-5-15(18(9-13)26-2)16-11-30-21(22-16)23-20(24)12-29-14-4-6-17-19(10-14)28-8-7-27-17/h3-6,9-11H,7-8,12H2,1-2H3,(H,22,23,24). The van der Waals surface area contributed by atoms with Crippen LogP contribution < -0.4 is 24.3 Å². The molecule has 30 heavy (non-hydrogen) atoms. The van der Waals surface area contributed by atoms with Gasteiger partial charge in [-0.05, 0) is 30.3 Å².